The molecule has 0 saturated carbocycles. The maximum absolute atomic E-state index is 12.2. The second-order valence-corrected chi connectivity index (χ2v) is 3.34. The molecule has 0 aliphatic carbocycles. The molecule has 1 aromatic carbocycles. The highest BCUT2D eigenvalue weighted by Gasteiger charge is 2.13. The van der Waals surface area contributed by atoms with E-state index < -0.39 is 12.5 Å². The van der Waals surface area contributed by atoms with Gasteiger partial charge in [0.15, 0.2) is 0 Å². The van der Waals surface area contributed by atoms with Crippen LogP contribution >= 0.6 is 0 Å². The summed E-state index contributed by atoms with van der Waals surface area (Å²) in [5.41, 5.74) is 7.83. The first-order valence-corrected chi connectivity index (χ1v) is 4.41. The maximum atomic E-state index is 12.2. The van der Waals surface area contributed by atoms with E-state index >= 15 is 0 Å². The van der Waals surface area contributed by atoms with Crippen molar-refractivity contribution in [1.29, 1.82) is 0 Å². The number of rotatable bonds is 3. The van der Waals surface area contributed by atoms with E-state index in [1.807, 2.05) is 6.92 Å². The van der Waals surface area contributed by atoms with Crippen molar-refractivity contribution in [2.45, 2.75) is 26.3 Å². The quantitative estimate of drug-likeness (QED) is 0.736. The van der Waals surface area contributed by atoms with Gasteiger partial charge in [-0.25, -0.2) is 8.78 Å². The maximum Gasteiger partial charge on any atom is 0.258 e. The molecular weight excluding hydrogens is 186 g/mol. The topological polar surface area (TPSA) is 38.0 Å². The second kappa shape index (κ2) is 4.26. The highest BCUT2D eigenvalue weighted by atomic mass is 19.3. The van der Waals surface area contributed by atoms with Gasteiger partial charge in [0.25, 0.3) is 6.43 Å². The van der Waals surface area contributed by atoms with Crippen LogP contribution in [0, 0.1) is 6.92 Å². The first-order valence-electron chi connectivity index (χ1n) is 4.41. The molecule has 0 radical (unpaired) electrons. The van der Waals surface area contributed by atoms with E-state index in [1.54, 1.807) is 18.2 Å². The van der Waals surface area contributed by atoms with Crippen molar-refractivity contribution < 1.29 is 8.78 Å². The molecule has 0 aromatic heterocycles. The van der Waals surface area contributed by atoms with Crippen LogP contribution in [-0.4, -0.2) is 12.5 Å². The fourth-order valence-electron chi connectivity index (χ4n) is 1.09. The van der Waals surface area contributed by atoms with Crippen molar-refractivity contribution in [1.82, 2.24) is 0 Å². The highest BCUT2D eigenvalue weighted by Crippen LogP contribution is 2.18. The van der Waals surface area contributed by atoms with Crippen molar-refractivity contribution in [3.05, 3.63) is 23.8 Å². The summed E-state index contributed by atoms with van der Waals surface area (Å²) in [5.74, 6) is 0. The Labute approximate surface area is 82.1 Å². The summed E-state index contributed by atoms with van der Waals surface area (Å²) in [6.07, 6.45) is -2.37. The molecule has 0 saturated heterocycles. The fourth-order valence-corrected chi connectivity index (χ4v) is 1.09. The number of aryl methyl sites for hydroxylation is 1. The summed E-state index contributed by atoms with van der Waals surface area (Å²) in [4.78, 5) is 0. The zero-order valence-electron chi connectivity index (χ0n) is 8.22. The third-order valence-corrected chi connectivity index (χ3v) is 2.04. The Hall–Kier alpha value is -1.32. The molecule has 0 aliphatic rings. The minimum Gasteiger partial charge on any atom is -0.399 e. The molecule has 2 nitrogen and oxygen atoms in total. The zero-order valence-corrected chi connectivity index (χ0v) is 8.22. The summed E-state index contributed by atoms with van der Waals surface area (Å²) in [6.45, 7) is 3.28. The Bertz CT molecular complexity index is 313. The molecule has 0 spiro atoms. The minimum absolute atomic E-state index is 0.667. The fraction of sp³-hybridized carbons (Fsp3) is 0.400. The van der Waals surface area contributed by atoms with Gasteiger partial charge in [-0.3, -0.25) is 0 Å². The van der Waals surface area contributed by atoms with Gasteiger partial charge in [0.1, 0.15) is 0 Å². The van der Waals surface area contributed by atoms with Gasteiger partial charge >= 0.3 is 0 Å². The predicted molar refractivity (Wildman–Crippen MR) is 54.7 cm³/mol. The van der Waals surface area contributed by atoms with Gasteiger partial charge in [0.2, 0.25) is 0 Å². The van der Waals surface area contributed by atoms with Crippen molar-refractivity contribution in [3.8, 4) is 0 Å². The van der Waals surface area contributed by atoms with Crippen molar-refractivity contribution in [2.24, 2.45) is 0 Å². The molecule has 1 rings (SSSR count). The van der Waals surface area contributed by atoms with E-state index in [2.05, 4.69) is 5.32 Å². The lowest BCUT2D eigenvalue weighted by molar-refractivity contribution is 0.131. The Morgan fingerprint density at radius 1 is 1.36 bits per heavy atom. The number of alkyl halides is 2. The summed E-state index contributed by atoms with van der Waals surface area (Å²) in [6, 6.07) is 4.31. The Morgan fingerprint density at radius 3 is 2.50 bits per heavy atom. The molecule has 0 bridgehead atoms. The molecule has 0 amide bonds. The van der Waals surface area contributed by atoms with Crippen LogP contribution in [0.4, 0.5) is 20.2 Å². The van der Waals surface area contributed by atoms with Crippen LogP contribution in [0.5, 0.6) is 0 Å². The van der Waals surface area contributed by atoms with E-state index in [0.29, 0.717) is 11.4 Å². The third kappa shape index (κ3) is 2.58. The molecule has 1 unspecified atom stereocenters. The van der Waals surface area contributed by atoms with Gasteiger partial charge < -0.3 is 11.1 Å². The molecule has 1 atom stereocenters. The van der Waals surface area contributed by atoms with Gasteiger partial charge in [-0.2, -0.15) is 0 Å². The number of hydrogen-bond donors (Lipinski definition) is 2. The smallest absolute Gasteiger partial charge is 0.258 e. The standard InChI is InChI=1S/C10H14F2N2/c1-6-5-8(3-4-9(6)13)14-7(2)10(11)12/h3-5,7,10,14H,13H2,1-2H3. The van der Waals surface area contributed by atoms with E-state index in [0.717, 1.165) is 5.56 Å². The average molecular weight is 200 g/mol. The lowest BCUT2D eigenvalue weighted by atomic mass is 10.1. The van der Waals surface area contributed by atoms with Crippen LogP contribution in [0.2, 0.25) is 0 Å². The Kier molecular flexibility index (Phi) is 3.28. The summed E-state index contributed by atoms with van der Waals surface area (Å²) >= 11 is 0. The molecule has 3 N–H and O–H groups in total. The number of anilines is 2. The van der Waals surface area contributed by atoms with Gasteiger partial charge in [0, 0.05) is 11.4 Å². The Balaban J connectivity index is 2.73. The molecular formula is C10H14F2N2. The number of nitrogen functional groups attached to an aromatic ring is 1. The van der Waals surface area contributed by atoms with Crippen LogP contribution in [0.1, 0.15) is 12.5 Å². The number of benzene rings is 1. The van der Waals surface area contributed by atoms with Crippen molar-refractivity contribution >= 4 is 11.4 Å². The van der Waals surface area contributed by atoms with Crippen molar-refractivity contribution in [2.75, 3.05) is 11.1 Å². The largest absolute Gasteiger partial charge is 0.399 e. The minimum atomic E-state index is -2.37. The number of nitrogens with two attached hydrogens (primary N) is 1. The first-order chi connectivity index (χ1) is 6.50. The first kappa shape index (κ1) is 10.8. The lowest BCUT2D eigenvalue weighted by Crippen LogP contribution is -2.23. The average Bonchev–Trinajstić information content (AvgIpc) is 2.11. The Morgan fingerprint density at radius 2 is 2.00 bits per heavy atom. The summed E-state index contributed by atoms with van der Waals surface area (Å²) in [5, 5.41) is 2.70. The van der Waals surface area contributed by atoms with Crippen LogP contribution in [0.3, 0.4) is 0 Å². The predicted octanol–water partition coefficient (Wildman–Crippen LogP) is 2.64. The van der Waals surface area contributed by atoms with E-state index in [9.17, 15) is 8.78 Å². The lowest BCUT2D eigenvalue weighted by Gasteiger charge is -2.14. The van der Waals surface area contributed by atoms with E-state index in [1.165, 1.54) is 6.92 Å². The monoisotopic (exact) mass is 200 g/mol. The van der Waals surface area contributed by atoms with E-state index in [-0.39, 0.29) is 0 Å². The molecule has 4 heteroatoms. The SMILES string of the molecule is Cc1cc(NC(C)C(F)F)ccc1N. The van der Waals surface area contributed by atoms with Gasteiger partial charge in [0.05, 0.1) is 6.04 Å². The highest BCUT2D eigenvalue weighted by molar-refractivity contribution is 5.56. The van der Waals surface area contributed by atoms with Crippen LogP contribution in [0.15, 0.2) is 18.2 Å². The third-order valence-electron chi connectivity index (χ3n) is 2.04. The second-order valence-electron chi connectivity index (χ2n) is 3.34. The van der Waals surface area contributed by atoms with Crippen LogP contribution < -0.4 is 11.1 Å². The number of hydrogen-bond acceptors (Lipinski definition) is 2. The zero-order chi connectivity index (χ0) is 10.7. The molecule has 78 valence electrons. The van der Waals surface area contributed by atoms with Crippen molar-refractivity contribution in [3.63, 3.8) is 0 Å². The number of halogens is 2. The molecule has 0 fully saturated rings. The van der Waals surface area contributed by atoms with Gasteiger partial charge in [-0.1, -0.05) is 0 Å². The molecule has 0 heterocycles. The molecule has 0 aliphatic heterocycles. The number of nitrogens with one attached hydrogen (secondary N) is 1. The summed E-state index contributed by atoms with van der Waals surface area (Å²) in [7, 11) is 0. The summed E-state index contributed by atoms with van der Waals surface area (Å²) < 4.78 is 24.4. The van der Waals surface area contributed by atoms with Crippen LogP contribution in [0.25, 0.3) is 0 Å². The van der Waals surface area contributed by atoms with E-state index in [4.69, 9.17) is 5.73 Å². The van der Waals surface area contributed by atoms with Gasteiger partial charge in [-0.15, -0.1) is 0 Å². The molecule has 1 aromatic rings. The van der Waals surface area contributed by atoms with Crippen LogP contribution in [-0.2, 0) is 0 Å². The normalized spacial score (nSPS) is 12.9. The van der Waals surface area contributed by atoms with Gasteiger partial charge in [-0.05, 0) is 37.6 Å². The molecule has 14 heavy (non-hydrogen) atoms.